The summed E-state index contributed by atoms with van der Waals surface area (Å²) in [5.74, 6) is 0.211. The van der Waals surface area contributed by atoms with Gasteiger partial charge >= 0.3 is 0 Å². The fourth-order valence-electron chi connectivity index (χ4n) is 1.10. The Kier molecular flexibility index (Phi) is 2.65. The summed E-state index contributed by atoms with van der Waals surface area (Å²) >= 11 is 0. The predicted molar refractivity (Wildman–Crippen MR) is 36.6 cm³/mol. The third kappa shape index (κ3) is 1.68. The maximum atomic E-state index is 9.29. The first kappa shape index (κ1) is 7.98. The molecule has 1 heterocycles. The Morgan fingerprint density at radius 1 is 1.60 bits per heavy atom. The lowest BCUT2D eigenvalue weighted by Crippen LogP contribution is -2.37. The van der Waals surface area contributed by atoms with Gasteiger partial charge in [-0.2, -0.15) is 0 Å². The maximum absolute atomic E-state index is 9.29. The molecule has 1 unspecified atom stereocenters. The van der Waals surface area contributed by atoms with Gasteiger partial charge in [-0.1, -0.05) is 6.92 Å². The van der Waals surface area contributed by atoms with Crippen LogP contribution in [0.1, 0.15) is 13.3 Å². The molecule has 10 heavy (non-hydrogen) atoms. The van der Waals surface area contributed by atoms with E-state index in [0.29, 0.717) is 13.0 Å². The summed E-state index contributed by atoms with van der Waals surface area (Å²) in [5.41, 5.74) is 0. The first-order valence-electron chi connectivity index (χ1n) is 3.64. The second-order valence-electron chi connectivity index (χ2n) is 2.92. The number of ether oxygens (including phenoxy) is 1. The van der Waals surface area contributed by atoms with Crippen molar-refractivity contribution in [2.75, 3.05) is 13.2 Å². The number of hydrogen-bond donors (Lipinski definition) is 2. The van der Waals surface area contributed by atoms with Crippen LogP contribution < -0.4 is 0 Å². The molecule has 0 spiro atoms. The Morgan fingerprint density at radius 2 is 2.30 bits per heavy atom. The summed E-state index contributed by atoms with van der Waals surface area (Å²) in [6, 6.07) is 0. The van der Waals surface area contributed by atoms with Crippen molar-refractivity contribution in [3.05, 3.63) is 0 Å². The summed E-state index contributed by atoms with van der Waals surface area (Å²) in [6.45, 7) is 2.52. The number of rotatable bonds is 1. The van der Waals surface area contributed by atoms with E-state index in [9.17, 15) is 5.11 Å². The van der Waals surface area contributed by atoms with Crippen molar-refractivity contribution in [1.82, 2.24) is 0 Å². The van der Waals surface area contributed by atoms with E-state index in [1.54, 1.807) is 0 Å². The fourth-order valence-corrected chi connectivity index (χ4v) is 1.10. The van der Waals surface area contributed by atoms with Crippen molar-refractivity contribution >= 4 is 0 Å². The van der Waals surface area contributed by atoms with Crippen LogP contribution in [0, 0.1) is 5.92 Å². The van der Waals surface area contributed by atoms with E-state index < -0.39 is 0 Å². The molecule has 60 valence electrons. The van der Waals surface area contributed by atoms with Crippen LogP contribution in [0.3, 0.4) is 0 Å². The minimum absolute atomic E-state index is 0.0176. The van der Waals surface area contributed by atoms with E-state index in [0.717, 1.165) is 0 Å². The van der Waals surface area contributed by atoms with Crippen LogP contribution in [-0.4, -0.2) is 35.6 Å². The highest BCUT2D eigenvalue weighted by Gasteiger charge is 2.25. The SMILES string of the molecule is CC1CO[C@H](CO)C[C@@H]1O. The van der Waals surface area contributed by atoms with Crippen LogP contribution in [0.5, 0.6) is 0 Å². The van der Waals surface area contributed by atoms with E-state index in [4.69, 9.17) is 9.84 Å². The van der Waals surface area contributed by atoms with Gasteiger partial charge in [-0.15, -0.1) is 0 Å². The molecular formula is C7H14O3. The highest BCUT2D eigenvalue weighted by molar-refractivity contribution is 4.74. The van der Waals surface area contributed by atoms with Gasteiger partial charge < -0.3 is 14.9 Å². The Labute approximate surface area is 60.6 Å². The zero-order valence-electron chi connectivity index (χ0n) is 6.16. The summed E-state index contributed by atoms with van der Waals surface area (Å²) in [7, 11) is 0. The average molecular weight is 146 g/mol. The number of aliphatic hydroxyl groups excluding tert-OH is 2. The van der Waals surface area contributed by atoms with E-state index in [1.165, 1.54) is 0 Å². The van der Waals surface area contributed by atoms with Crippen LogP contribution in [0.25, 0.3) is 0 Å². The molecule has 0 bridgehead atoms. The molecule has 1 rings (SSSR count). The second kappa shape index (κ2) is 3.32. The van der Waals surface area contributed by atoms with Gasteiger partial charge in [0.1, 0.15) is 0 Å². The molecule has 1 saturated heterocycles. The summed E-state index contributed by atoms with van der Waals surface area (Å²) in [5, 5.41) is 17.9. The molecule has 1 aliphatic heterocycles. The minimum atomic E-state index is -0.300. The molecule has 0 radical (unpaired) electrons. The molecule has 3 nitrogen and oxygen atoms in total. The van der Waals surface area contributed by atoms with Crippen molar-refractivity contribution in [2.45, 2.75) is 25.6 Å². The predicted octanol–water partition coefficient (Wildman–Crippen LogP) is -0.235. The average Bonchev–Trinajstić information content (AvgIpc) is 1.95. The molecule has 1 fully saturated rings. The molecule has 0 aliphatic carbocycles. The highest BCUT2D eigenvalue weighted by Crippen LogP contribution is 2.18. The smallest absolute Gasteiger partial charge is 0.0830 e. The van der Waals surface area contributed by atoms with E-state index in [2.05, 4.69) is 0 Å². The van der Waals surface area contributed by atoms with E-state index >= 15 is 0 Å². The van der Waals surface area contributed by atoms with Gasteiger partial charge in [-0.3, -0.25) is 0 Å². The number of hydrogen-bond acceptors (Lipinski definition) is 3. The zero-order chi connectivity index (χ0) is 7.56. The van der Waals surface area contributed by atoms with Gasteiger partial charge in [0.2, 0.25) is 0 Å². The van der Waals surface area contributed by atoms with Crippen molar-refractivity contribution in [3.8, 4) is 0 Å². The molecule has 0 aromatic heterocycles. The van der Waals surface area contributed by atoms with Crippen molar-refractivity contribution in [1.29, 1.82) is 0 Å². The summed E-state index contributed by atoms with van der Waals surface area (Å²) < 4.78 is 5.20. The van der Waals surface area contributed by atoms with Crippen LogP contribution in [0.2, 0.25) is 0 Å². The summed E-state index contributed by atoms with van der Waals surface area (Å²) in [6.07, 6.45) is 0.120. The van der Waals surface area contributed by atoms with Crippen LogP contribution in [0.4, 0.5) is 0 Å². The molecule has 0 aromatic carbocycles. The molecule has 0 saturated carbocycles. The normalized spacial score (nSPS) is 41.7. The van der Waals surface area contributed by atoms with Crippen molar-refractivity contribution < 1.29 is 14.9 Å². The van der Waals surface area contributed by atoms with Gasteiger partial charge in [-0.25, -0.2) is 0 Å². The van der Waals surface area contributed by atoms with E-state index in [1.807, 2.05) is 6.92 Å². The van der Waals surface area contributed by atoms with Crippen molar-refractivity contribution in [2.24, 2.45) is 5.92 Å². The van der Waals surface area contributed by atoms with Gasteiger partial charge in [0.15, 0.2) is 0 Å². The maximum Gasteiger partial charge on any atom is 0.0830 e. The first-order valence-corrected chi connectivity index (χ1v) is 3.64. The minimum Gasteiger partial charge on any atom is -0.394 e. The fraction of sp³-hybridized carbons (Fsp3) is 1.00. The quantitative estimate of drug-likeness (QED) is 0.537. The standard InChI is InChI=1S/C7H14O3/c1-5-4-10-6(3-8)2-7(5)9/h5-9H,2-4H2,1H3/t5?,6-,7-/m0/s1. The lowest BCUT2D eigenvalue weighted by Gasteiger charge is -2.30. The lowest BCUT2D eigenvalue weighted by atomic mass is 9.97. The Balaban J connectivity index is 2.33. The van der Waals surface area contributed by atoms with Gasteiger partial charge in [0, 0.05) is 12.3 Å². The van der Waals surface area contributed by atoms with Crippen LogP contribution in [0.15, 0.2) is 0 Å². The third-order valence-corrected chi connectivity index (χ3v) is 1.96. The van der Waals surface area contributed by atoms with Crippen LogP contribution in [-0.2, 0) is 4.74 Å². The van der Waals surface area contributed by atoms with Gasteiger partial charge in [-0.05, 0) is 0 Å². The zero-order valence-corrected chi connectivity index (χ0v) is 6.16. The van der Waals surface area contributed by atoms with Gasteiger partial charge in [0.25, 0.3) is 0 Å². The third-order valence-electron chi connectivity index (χ3n) is 1.96. The molecule has 3 heteroatoms. The monoisotopic (exact) mass is 146 g/mol. The molecule has 2 N–H and O–H groups in total. The topological polar surface area (TPSA) is 49.7 Å². The summed E-state index contributed by atoms with van der Waals surface area (Å²) in [4.78, 5) is 0. The molecule has 3 atom stereocenters. The van der Waals surface area contributed by atoms with Gasteiger partial charge in [0.05, 0.1) is 25.4 Å². The number of aliphatic hydroxyl groups is 2. The highest BCUT2D eigenvalue weighted by atomic mass is 16.5. The van der Waals surface area contributed by atoms with Crippen molar-refractivity contribution in [3.63, 3.8) is 0 Å². The molecule has 0 aromatic rings. The Morgan fingerprint density at radius 3 is 2.80 bits per heavy atom. The Hall–Kier alpha value is -0.120. The van der Waals surface area contributed by atoms with E-state index in [-0.39, 0.29) is 24.7 Å². The first-order chi connectivity index (χ1) is 4.74. The van der Waals surface area contributed by atoms with Crippen LogP contribution >= 0.6 is 0 Å². The largest absolute Gasteiger partial charge is 0.394 e. The molecule has 1 aliphatic rings. The molecule has 0 amide bonds. The second-order valence-corrected chi connectivity index (χ2v) is 2.92. The lowest BCUT2D eigenvalue weighted by molar-refractivity contribution is -0.0937. The molecular weight excluding hydrogens is 132 g/mol. The Bertz CT molecular complexity index is 105.